The highest BCUT2D eigenvalue weighted by Crippen LogP contribution is 2.58. The fraction of sp³-hybridized carbons (Fsp3) is 0. The molecule has 2 heteroatoms. The summed E-state index contributed by atoms with van der Waals surface area (Å²) in [7, 11) is 0. The smallest absolute Gasteiger partial charge is 0.145 e. The second-order valence-electron chi connectivity index (χ2n) is 17.4. The van der Waals surface area contributed by atoms with Crippen LogP contribution in [0.3, 0.4) is 0 Å². The van der Waals surface area contributed by atoms with Crippen LogP contribution in [-0.4, -0.2) is 9.38 Å². The highest BCUT2D eigenvalue weighted by atomic mass is 15.0. The summed E-state index contributed by atoms with van der Waals surface area (Å²) in [6.07, 6.45) is 2.18. The van der Waals surface area contributed by atoms with Gasteiger partial charge in [-0.1, -0.05) is 206 Å². The molecular weight excluding hydrogens is 785 g/mol. The van der Waals surface area contributed by atoms with E-state index in [0.717, 1.165) is 22.3 Å². The van der Waals surface area contributed by atoms with Crippen LogP contribution in [0.1, 0.15) is 0 Å². The first-order chi connectivity index (χ1) is 32.2. The van der Waals surface area contributed by atoms with Gasteiger partial charge in [0.1, 0.15) is 5.65 Å². The number of aromatic nitrogens is 2. The predicted octanol–water partition coefficient (Wildman–Crippen LogP) is 17.1. The number of imidazole rings is 1. The van der Waals surface area contributed by atoms with Crippen molar-refractivity contribution in [3.05, 3.63) is 231 Å². The molecule has 2 nitrogen and oxygen atoms in total. The molecule has 0 radical (unpaired) electrons. The number of fused-ring (bicyclic) bond motifs is 11. The van der Waals surface area contributed by atoms with Crippen LogP contribution in [0, 0.1) is 0 Å². The van der Waals surface area contributed by atoms with Crippen LogP contribution in [0.2, 0.25) is 0 Å². The van der Waals surface area contributed by atoms with Gasteiger partial charge in [-0.3, -0.25) is 4.40 Å². The van der Waals surface area contributed by atoms with E-state index < -0.39 is 0 Å². The molecule has 300 valence electrons. The monoisotopic (exact) mass is 822 g/mol. The maximum atomic E-state index is 5.19. The normalized spacial score (nSPS) is 12.0. The Kier molecular flexibility index (Phi) is 7.72. The molecule has 2 aromatic heterocycles. The minimum Gasteiger partial charge on any atom is -0.298 e. The first-order valence-corrected chi connectivity index (χ1v) is 22.4. The number of hydrogen-bond acceptors (Lipinski definition) is 1. The van der Waals surface area contributed by atoms with Crippen LogP contribution in [0.4, 0.5) is 0 Å². The molecule has 13 aromatic rings. The topological polar surface area (TPSA) is 17.3 Å². The molecule has 0 bridgehead atoms. The quantitative estimate of drug-likeness (QED) is 0.158. The fourth-order valence-electron chi connectivity index (χ4n) is 11.0. The summed E-state index contributed by atoms with van der Waals surface area (Å²) < 4.78 is 2.24. The van der Waals surface area contributed by atoms with Gasteiger partial charge < -0.3 is 0 Å². The van der Waals surface area contributed by atoms with E-state index >= 15 is 0 Å². The zero-order valence-corrected chi connectivity index (χ0v) is 35.3. The number of rotatable bonds is 5. The van der Waals surface area contributed by atoms with Crippen LogP contribution in [0.15, 0.2) is 231 Å². The Bertz CT molecular complexity index is 3920. The zero-order valence-electron chi connectivity index (χ0n) is 35.3. The number of para-hydroxylation sites is 1. The van der Waals surface area contributed by atoms with Crippen molar-refractivity contribution in [1.29, 1.82) is 0 Å². The third-order valence-electron chi connectivity index (χ3n) is 13.9. The minimum atomic E-state index is 0.970. The summed E-state index contributed by atoms with van der Waals surface area (Å²) in [5, 5.41) is 11.2. The summed E-state index contributed by atoms with van der Waals surface area (Å²) >= 11 is 0. The third kappa shape index (κ3) is 5.38. The molecule has 65 heavy (non-hydrogen) atoms. The van der Waals surface area contributed by atoms with Gasteiger partial charge in [0, 0.05) is 22.5 Å². The van der Waals surface area contributed by atoms with Crippen molar-refractivity contribution in [2.75, 3.05) is 0 Å². The Balaban J connectivity index is 0.854. The van der Waals surface area contributed by atoms with Crippen molar-refractivity contribution in [3.63, 3.8) is 0 Å². The van der Waals surface area contributed by atoms with Gasteiger partial charge in [0.2, 0.25) is 0 Å². The van der Waals surface area contributed by atoms with Gasteiger partial charge in [0.05, 0.1) is 11.2 Å². The molecule has 1 aliphatic carbocycles. The zero-order chi connectivity index (χ0) is 42.6. The lowest BCUT2D eigenvalue weighted by atomic mass is 9.82. The Morgan fingerprint density at radius 1 is 0.292 bits per heavy atom. The average molecular weight is 823 g/mol. The summed E-state index contributed by atoms with van der Waals surface area (Å²) in [5.74, 6) is 0. The van der Waals surface area contributed by atoms with Gasteiger partial charge in [-0.05, 0) is 123 Å². The van der Waals surface area contributed by atoms with Crippen molar-refractivity contribution < 1.29 is 0 Å². The molecule has 0 amide bonds. The maximum Gasteiger partial charge on any atom is 0.145 e. The lowest BCUT2D eigenvalue weighted by Crippen LogP contribution is -1.93. The van der Waals surface area contributed by atoms with Gasteiger partial charge in [-0.25, -0.2) is 4.98 Å². The predicted molar refractivity (Wildman–Crippen MR) is 274 cm³/mol. The van der Waals surface area contributed by atoms with Crippen molar-refractivity contribution >= 4 is 59.6 Å². The van der Waals surface area contributed by atoms with Crippen LogP contribution in [-0.2, 0) is 0 Å². The molecule has 0 atom stereocenters. The molecule has 0 fully saturated rings. The molecular formula is C63H38N2. The highest BCUT2D eigenvalue weighted by molar-refractivity contribution is 6.29. The highest BCUT2D eigenvalue weighted by Gasteiger charge is 2.31. The molecule has 0 unspecified atom stereocenters. The number of pyridine rings is 1. The van der Waals surface area contributed by atoms with Gasteiger partial charge in [0.25, 0.3) is 0 Å². The number of benzene rings is 11. The second-order valence-corrected chi connectivity index (χ2v) is 17.4. The maximum absolute atomic E-state index is 5.19. The van der Waals surface area contributed by atoms with Gasteiger partial charge in [-0.2, -0.15) is 0 Å². The largest absolute Gasteiger partial charge is 0.298 e. The van der Waals surface area contributed by atoms with E-state index in [2.05, 4.69) is 235 Å². The Morgan fingerprint density at radius 3 is 1.49 bits per heavy atom. The molecule has 0 saturated carbocycles. The van der Waals surface area contributed by atoms with Crippen molar-refractivity contribution in [2.24, 2.45) is 0 Å². The minimum absolute atomic E-state index is 0.970. The second kappa shape index (κ2) is 14.0. The lowest BCUT2D eigenvalue weighted by molar-refractivity contribution is 1.27. The van der Waals surface area contributed by atoms with Crippen molar-refractivity contribution in [1.82, 2.24) is 9.38 Å². The fourth-order valence-corrected chi connectivity index (χ4v) is 11.0. The van der Waals surface area contributed by atoms with Crippen molar-refractivity contribution in [3.8, 4) is 78.0 Å². The molecule has 1 aliphatic rings. The molecule has 14 rings (SSSR count). The van der Waals surface area contributed by atoms with Crippen LogP contribution in [0.5, 0.6) is 0 Å². The standard InChI is InChI=1S/C63H38N2/c1-3-14-41(15-4-1)58-51-20-8-9-21-52(51)59(42-16-5-2-6-17-42)62-55-35-34-47(50-23-13-24-54(60(50)55)61(58)62)46-33-32-44-36-43(30-31-45(44)37-46)39-26-28-40(29-27-39)56-38-65-57-25-12-11-19-49(57)48-18-7-10-22-53(48)63(65)64-56/h1-38H. The summed E-state index contributed by atoms with van der Waals surface area (Å²) in [6.45, 7) is 0. The van der Waals surface area contributed by atoms with E-state index in [0.29, 0.717) is 0 Å². The van der Waals surface area contributed by atoms with E-state index in [1.54, 1.807) is 0 Å². The van der Waals surface area contributed by atoms with Crippen LogP contribution >= 0.6 is 0 Å². The molecule has 0 aliphatic heterocycles. The SMILES string of the molecule is c1ccc(-c2c3c(c(-c4ccccc4)c4ccccc24)-c2ccc(-c4ccc5cc(-c6ccc(-c7cn8c9ccccc9c9ccccc9c8n7)cc6)ccc5c4)c4cccc-3c24)cc1. The molecule has 2 heterocycles. The third-order valence-corrected chi connectivity index (χ3v) is 13.9. The Morgan fingerprint density at radius 2 is 0.800 bits per heavy atom. The van der Waals surface area contributed by atoms with E-state index in [4.69, 9.17) is 4.98 Å². The molecule has 0 N–H and O–H groups in total. The van der Waals surface area contributed by atoms with Crippen LogP contribution < -0.4 is 0 Å². The number of nitrogens with zero attached hydrogens (tertiary/aromatic N) is 2. The summed E-state index contributed by atoms with van der Waals surface area (Å²) in [4.78, 5) is 5.19. The van der Waals surface area contributed by atoms with E-state index in [1.165, 1.54) is 115 Å². The Hall–Kier alpha value is -8.59. The number of hydrogen-bond donors (Lipinski definition) is 0. The van der Waals surface area contributed by atoms with E-state index in [-0.39, 0.29) is 0 Å². The van der Waals surface area contributed by atoms with E-state index in [1.807, 2.05) is 0 Å². The van der Waals surface area contributed by atoms with Crippen molar-refractivity contribution in [2.45, 2.75) is 0 Å². The van der Waals surface area contributed by atoms with Crippen LogP contribution in [0.25, 0.3) is 138 Å². The van der Waals surface area contributed by atoms with Gasteiger partial charge in [0.15, 0.2) is 0 Å². The Labute approximate surface area is 376 Å². The first kappa shape index (κ1) is 35.9. The molecule has 11 aromatic carbocycles. The summed E-state index contributed by atoms with van der Waals surface area (Å²) in [6, 6.07) is 82.4. The van der Waals surface area contributed by atoms with Gasteiger partial charge >= 0.3 is 0 Å². The molecule has 0 spiro atoms. The first-order valence-electron chi connectivity index (χ1n) is 22.4. The lowest BCUT2D eigenvalue weighted by Gasteiger charge is -2.20. The van der Waals surface area contributed by atoms with E-state index in [9.17, 15) is 0 Å². The van der Waals surface area contributed by atoms with Gasteiger partial charge in [-0.15, -0.1) is 0 Å². The average Bonchev–Trinajstić information content (AvgIpc) is 3.98. The molecule has 0 saturated heterocycles. The summed E-state index contributed by atoms with van der Waals surface area (Å²) in [5.41, 5.74) is 19.4.